The molecule has 1 N–H and O–H groups in total. The topological polar surface area (TPSA) is 75.2 Å². The van der Waals surface area contributed by atoms with Gasteiger partial charge in [0, 0.05) is 24.6 Å². The standard InChI is InChI=1S/C18H19FN4O2S/c19-13-5-7-14(8-6-13)23-10-12(9-15(23)24)16(25)20-18-22-21-17(26-18)11-3-1-2-4-11/h5-8,11-12H,1-4,9-10H2,(H,20,22,25)/t12-/m0/s1. The number of carbonyl (C=O) groups is 2. The van der Waals surface area contributed by atoms with E-state index in [1.807, 2.05) is 0 Å². The van der Waals surface area contributed by atoms with Crippen molar-refractivity contribution in [2.75, 3.05) is 16.8 Å². The van der Waals surface area contributed by atoms with Crippen LogP contribution in [0.4, 0.5) is 15.2 Å². The van der Waals surface area contributed by atoms with Crippen LogP contribution in [0.1, 0.15) is 43.0 Å². The Morgan fingerprint density at radius 3 is 2.65 bits per heavy atom. The molecule has 4 rings (SSSR count). The molecule has 26 heavy (non-hydrogen) atoms. The van der Waals surface area contributed by atoms with Gasteiger partial charge in [-0.3, -0.25) is 9.59 Å². The van der Waals surface area contributed by atoms with Gasteiger partial charge in [0.15, 0.2) is 0 Å². The first kappa shape index (κ1) is 17.1. The van der Waals surface area contributed by atoms with E-state index in [0.29, 0.717) is 16.7 Å². The minimum Gasteiger partial charge on any atom is -0.312 e. The van der Waals surface area contributed by atoms with Gasteiger partial charge in [-0.05, 0) is 37.1 Å². The van der Waals surface area contributed by atoms with Gasteiger partial charge >= 0.3 is 0 Å². The highest BCUT2D eigenvalue weighted by atomic mass is 32.1. The summed E-state index contributed by atoms with van der Waals surface area (Å²) in [5, 5.41) is 12.5. The maximum Gasteiger partial charge on any atom is 0.231 e. The first-order valence-electron chi connectivity index (χ1n) is 8.80. The van der Waals surface area contributed by atoms with Crippen LogP contribution in [0.25, 0.3) is 0 Å². The number of aromatic nitrogens is 2. The molecule has 1 saturated carbocycles. The van der Waals surface area contributed by atoms with E-state index in [1.54, 1.807) is 12.1 Å². The molecule has 0 unspecified atom stereocenters. The second kappa shape index (κ2) is 7.11. The molecule has 0 spiro atoms. The van der Waals surface area contributed by atoms with Gasteiger partial charge in [0.1, 0.15) is 10.8 Å². The molecule has 1 aliphatic carbocycles. The molecule has 1 saturated heterocycles. The van der Waals surface area contributed by atoms with Gasteiger partial charge in [0.2, 0.25) is 16.9 Å². The Balaban J connectivity index is 1.39. The van der Waals surface area contributed by atoms with Crippen molar-refractivity contribution >= 4 is 34.0 Å². The van der Waals surface area contributed by atoms with Crippen molar-refractivity contribution in [2.45, 2.75) is 38.0 Å². The molecular formula is C18H19FN4O2S. The number of nitrogens with one attached hydrogen (secondary N) is 1. The van der Waals surface area contributed by atoms with Gasteiger partial charge in [0.25, 0.3) is 0 Å². The van der Waals surface area contributed by atoms with Crippen LogP contribution in [-0.2, 0) is 9.59 Å². The van der Waals surface area contributed by atoms with E-state index in [1.165, 1.54) is 41.2 Å². The van der Waals surface area contributed by atoms with Crippen molar-refractivity contribution in [2.24, 2.45) is 5.92 Å². The number of halogens is 1. The fourth-order valence-electron chi connectivity index (χ4n) is 3.58. The Hall–Kier alpha value is -2.35. The maximum absolute atomic E-state index is 13.1. The normalized spacial score (nSPS) is 20.7. The molecule has 136 valence electrons. The van der Waals surface area contributed by atoms with Gasteiger partial charge in [-0.2, -0.15) is 0 Å². The van der Waals surface area contributed by atoms with E-state index in [0.717, 1.165) is 17.8 Å². The maximum atomic E-state index is 13.1. The lowest BCUT2D eigenvalue weighted by molar-refractivity contribution is -0.122. The number of hydrogen-bond acceptors (Lipinski definition) is 5. The van der Waals surface area contributed by atoms with E-state index in [9.17, 15) is 14.0 Å². The molecule has 1 aliphatic heterocycles. The van der Waals surface area contributed by atoms with Crippen LogP contribution in [0.2, 0.25) is 0 Å². The minimum atomic E-state index is -0.452. The lowest BCUT2D eigenvalue weighted by atomic mass is 10.1. The van der Waals surface area contributed by atoms with Crippen molar-refractivity contribution in [3.8, 4) is 0 Å². The summed E-state index contributed by atoms with van der Waals surface area (Å²) in [4.78, 5) is 26.3. The van der Waals surface area contributed by atoms with E-state index >= 15 is 0 Å². The zero-order chi connectivity index (χ0) is 18.1. The SMILES string of the molecule is O=C(Nc1nnc(C2CCCC2)s1)[C@H]1CC(=O)N(c2ccc(F)cc2)C1. The lowest BCUT2D eigenvalue weighted by Crippen LogP contribution is -2.28. The molecule has 0 radical (unpaired) electrons. The molecule has 2 amide bonds. The van der Waals surface area contributed by atoms with Crippen LogP contribution in [-0.4, -0.2) is 28.6 Å². The third-order valence-corrected chi connectivity index (χ3v) is 6.01. The zero-order valence-electron chi connectivity index (χ0n) is 14.2. The minimum absolute atomic E-state index is 0.136. The number of carbonyl (C=O) groups excluding carboxylic acids is 2. The third-order valence-electron chi connectivity index (χ3n) is 5.01. The fraction of sp³-hybridized carbons (Fsp3) is 0.444. The van der Waals surface area contributed by atoms with Crippen LogP contribution in [0, 0.1) is 11.7 Å². The first-order chi connectivity index (χ1) is 12.6. The van der Waals surface area contributed by atoms with Gasteiger partial charge in [-0.25, -0.2) is 4.39 Å². The smallest absolute Gasteiger partial charge is 0.231 e. The van der Waals surface area contributed by atoms with Crippen LogP contribution < -0.4 is 10.2 Å². The summed E-state index contributed by atoms with van der Waals surface area (Å²) >= 11 is 1.42. The molecule has 2 heterocycles. The third kappa shape index (κ3) is 3.46. The second-order valence-corrected chi connectivity index (χ2v) is 7.81. The number of benzene rings is 1. The summed E-state index contributed by atoms with van der Waals surface area (Å²) in [6.07, 6.45) is 4.83. The molecule has 1 aromatic carbocycles. The Labute approximate surface area is 154 Å². The molecule has 6 nitrogen and oxygen atoms in total. The number of nitrogens with zero attached hydrogens (tertiary/aromatic N) is 3. The van der Waals surface area contributed by atoms with Crippen LogP contribution in [0.15, 0.2) is 24.3 Å². The molecular weight excluding hydrogens is 355 g/mol. The molecule has 0 bridgehead atoms. The van der Waals surface area contributed by atoms with Crippen molar-refractivity contribution in [3.63, 3.8) is 0 Å². The summed E-state index contributed by atoms with van der Waals surface area (Å²) in [6.45, 7) is 0.282. The number of hydrogen-bond donors (Lipinski definition) is 1. The van der Waals surface area contributed by atoms with Crippen LogP contribution in [0.3, 0.4) is 0 Å². The van der Waals surface area contributed by atoms with Gasteiger partial charge < -0.3 is 10.2 Å². The Morgan fingerprint density at radius 2 is 1.92 bits per heavy atom. The number of amides is 2. The lowest BCUT2D eigenvalue weighted by Gasteiger charge is -2.16. The number of anilines is 2. The van der Waals surface area contributed by atoms with Crippen molar-refractivity contribution in [1.82, 2.24) is 10.2 Å². The molecule has 2 fully saturated rings. The Bertz CT molecular complexity index is 817. The van der Waals surface area contributed by atoms with Crippen LogP contribution in [0.5, 0.6) is 0 Å². The van der Waals surface area contributed by atoms with E-state index in [-0.39, 0.29) is 30.6 Å². The van der Waals surface area contributed by atoms with Crippen LogP contribution >= 0.6 is 11.3 Å². The van der Waals surface area contributed by atoms with Crippen molar-refractivity contribution in [1.29, 1.82) is 0 Å². The second-order valence-electron chi connectivity index (χ2n) is 6.80. The highest BCUT2D eigenvalue weighted by Crippen LogP contribution is 2.36. The summed E-state index contributed by atoms with van der Waals surface area (Å²) in [7, 11) is 0. The molecule has 8 heteroatoms. The van der Waals surface area contributed by atoms with Gasteiger partial charge in [-0.15, -0.1) is 10.2 Å². The molecule has 1 aromatic heterocycles. The quantitative estimate of drug-likeness (QED) is 0.891. The average Bonchev–Trinajstić information content (AvgIpc) is 3.36. The highest BCUT2D eigenvalue weighted by molar-refractivity contribution is 7.15. The predicted octanol–water partition coefficient (Wildman–Crippen LogP) is 3.33. The highest BCUT2D eigenvalue weighted by Gasteiger charge is 2.35. The first-order valence-corrected chi connectivity index (χ1v) is 9.62. The van der Waals surface area contributed by atoms with E-state index < -0.39 is 5.92 Å². The summed E-state index contributed by atoms with van der Waals surface area (Å²) < 4.78 is 13.1. The monoisotopic (exact) mass is 374 g/mol. The Morgan fingerprint density at radius 1 is 1.19 bits per heavy atom. The predicted molar refractivity (Wildman–Crippen MR) is 96.6 cm³/mol. The molecule has 2 aliphatic rings. The van der Waals surface area contributed by atoms with Gasteiger partial charge in [0.05, 0.1) is 5.92 Å². The average molecular weight is 374 g/mol. The van der Waals surface area contributed by atoms with Crippen molar-refractivity contribution in [3.05, 3.63) is 35.1 Å². The fourth-order valence-corrected chi connectivity index (χ4v) is 4.50. The van der Waals surface area contributed by atoms with Gasteiger partial charge in [-0.1, -0.05) is 24.2 Å². The largest absolute Gasteiger partial charge is 0.312 e. The zero-order valence-corrected chi connectivity index (χ0v) is 15.0. The summed E-state index contributed by atoms with van der Waals surface area (Å²) in [5.74, 6) is -0.715. The summed E-state index contributed by atoms with van der Waals surface area (Å²) in [5.41, 5.74) is 0.603. The molecule has 2 aromatic rings. The van der Waals surface area contributed by atoms with Crippen molar-refractivity contribution < 1.29 is 14.0 Å². The number of rotatable bonds is 4. The Kier molecular flexibility index (Phi) is 4.67. The van der Waals surface area contributed by atoms with E-state index in [4.69, 9.17) is 0 Å². The van der Waals surface area contributed by atoms with E-state index in [2.05, 4.69) is 15.5 Å². The molecule has 1 atom stereocenters. The summed E-state index contributed by atoms with van der Waals surface area (Å²) in [6, 6.07) is 5.71.